The first-order chi connectivity index (χ1) is 10.1. The van der Waals surface area contributed by atoms with Crippen LogP contribution in [0, 0.1) is 12.7 Å². The summed E-state index contributed by atoms with van der Waals surface area (Å²) in [6.07, 6.45) is 0.782. The smallest absolute Gasteiger partial charge is 0.123 e. The lowest BCUT2D eigenvalue weighted by atomic mass is 9.96. The Bertz CT molecular complexity index is 586. The van der Waals surface area contributed by atoms with Crippen LogP contribution in [0.15, 0.2) is 42.5 Å². The van der Waals surface area contributed by atoms with Gasteiger partial charge in [0.05, 0.1) is 6.61 Å². The maximum Gasteiger partial charge on any atom is 0.123 e. The molecule has 0 saturated carbocycles. The summed E-state index contributed by atoms with van der Waals surface area (Å²) < 4.78 is 18.7. The summed E-state index contributed by atoms with van der Waals surface area (Å²) in [5, 5.41) is 0.700. The molecule has 2 rings (SSSR count). The molecule has 0 aliphatic rings. The Balaban J connectivity index is 1.93. The van der Waals surface area contributed by atoms with Crippen LogP contribution in [0.25, 0.3) is 0 Å². The molecule has 21 heavy (non-hydrogen) atoms. The highest BCUT2D eigenvalue weighted by atomic mass is 35.5. The number of hydrogen-bond donors (Lipinski definition) is 1. The van der Waals surface area contributed by atoms with Gasteiger partial charge in [-0.1, -0.05) is 23.7 Å². The summed E-state index contributed by atoms with van der Waals surface area (Å²) in [7, 11) is 0. The minimum absolute atomic E-state index is 0.165. The number of ether oxygens (including phenoxy) is 1. The molecule has 0 fully saturated rings. The van der Waals surface area contributed by atoms with Gasteiger partial charge in [-0.05, 0) is 67.3 Å². The van der Waals surface area contributed by atoms with Crippen molar-refractivity contribution in [3.05, 3.63) is 64.4 Å². The van der Waals surface area contributed by atoms with Crippen LogP contribution in [-0.2, 0) is 0 Å². The normalized spacial score (nSPS) is 12.2. The van der Waals surface area contributed by atoms with Crippen molar-refractivity contribution in [2.24, 2.45) is 5.73 Å². The molecular weight excluding hydrogens is 289 g/mol. The molecule has 0 saturated heterocycles. The van der Waals surface area contributed by atoms with E-state index in [-0.39, 0.29) is 11.7 Å². The van der Waals surface area contributed by atoms with E-state index in [1.54, 1.807) is 12.1 Å². The lowest BCUT2D eigenvalue weighted by Gasteiger charge is -2.16. The van der Waals surface area contributed by atoms with E-state index in [0.29, 0.717) is 18.2 Å². The van der Waals surface area contributed by atoms with Gasteiger partial charge in [-0.15, -0.1) is 0 Å². The van der Waals surface area contributed by atoms with Gasteiger partial charge in [-0.2, -0.15) is 0 Å². The number of aryl methyl sites for hydroxylation is 1. The van der Waals surface area contributed by atoms with Gasteiger partial charge in [0.1, 0.15) is 11.6 Å². The van der Waals surface area contributed by atoms with Crippen LogP contribution in [0.2, 0.25) is 5.02 Å². The van der Waals surface area contributed by atoms with E-state index >= 15 is 0 Å². The molecule has 4 heteroatoms. The predicted molar refractivity (Wildman–Crippen MR) is 84.5 cm³/mol. The third-order valence-electron chi connectivity index (χ3n) is 3.49. The first-order valence-electron chi connectivity index (χ1n) is 6.94. The maximum atomic E-state index is 12.9. The van der Waals surface area contributed by atoms with Gasteiger partial charge in [-0.25, -0.2) is 4.39 Å². The van der Waals surface area contributed by atoms with E-state index in [0.717, 1.165) is 23.3 Å². The van der Waals surface area contributed by atoms with Crippen LogP contribution >= 0.6 is 11.6 Å². The minimum atomic E-state index is -0.234. The van der Waals surface area contributed by atoms with E-state index in [2.05, 4.69) is 0 Å². The van der Waals surface area contributed by atoms with Crippen LogP contribution in [-0.4, -0.2) is 13.2 Å². The molecular formula is C17H19ClFNO. The van der Waals surface area contributed by atoms with E-state index in [9.17, 15) is 4.39 Å². The Morgan fingerprint density at radius 2 is 1.90 bits per heavy atom. The molecule has 0 spiro atoms. The molecule has 0 aliphatic carbocycles. The van der Waals surface area contributed by atoms with Gasteiger partial charge < -0.3 is 10.5 Å². The van der Waals surface area contributed by atoms with Crippen LogP contribution in [0.4, 0.5) is 4.39 Å². The SMILES string of the molecule is Cc1cc(Cl)ccc1OCCC(CN)c1ccc(F)cc1. The predicted octanol–water partition coefficient (Wildman–Crippen LogP) is 4.30. The largest absolute Gasteiger partial charge is 0.493 e. The molecule has 0 aliphatic heterocycles. The standard InChI is InChI=1S/C17H19ClFNO/c1-12-10-15(18)4-7-17(12)21-9-8-14(11-20)13-2-5-16(19)6-3-13/h2-7,10,14H,8-9,11,20H2,1H3. The number of benzene rings is 2. The van der Waals surface area contributed by atoms with Gasteiger partial charge in [-0.3, -0.25) is 0 Å². The van der Waals surface area contributed by atoms with Crippen molar-refractivity contribution in [1.29, 1.82) is 0 Å². The molecule has 2 aromatic rings. The summed E-state index contributed by atoms with van der Waals surface area (Å²) in [5.74, 6) is 0.759. The third kappa shape index (κ3) is 4.45. The second kappa shape index (κ2) is 7.43. The molecule has 0 heterocycles. The van der Waals surface area contributed by atoms with Crippen molar-refractivity contribution in [2.45, 2.75) is 19.3 Å². The summed E-state index contributed by atoms with van der Waals surface area (Å²) in [5.41, 5.74) is 7.85. The monoisotopic (exact) mass is 307 g/mol. The van der Waals surface area contributed by atoms with Gasteiger partial charge in [0.2, 0.25) is 0 Å². The average Bonchev–Trinajstić information content (AvgIpc) is 2.47. The average molecular weight is 308 g/mol. The zero-order chi connectivity index (χ0) is 15.2. The van der Waals surface area contributed by atoms with Crippen molar-refractivity contribution in [2.75, 3.05) is 13.2 Å². The number of nitrogens with two attached hydrogens (primary N) is 1. The van der Waals surface area contributed by atoms with Crippen molar-refractivity contribution >= 4 is 11.6 Å². The Morgan fingerprint density at radius 3 is 2.52 bits per heavy atom. The minimum Gasteiger partial charge on any atom is -0.493 e. The van der Waals surface area contributed by atoms with Crippen molar-refractivity contribution in [3.63, 3.8) is 0 Å². The van der Waals surface area contributed by atoms with Crippen LogP contribution in [0.5, 0.6) is 5.75 Å². The zero-order valence-electron chi connectivity index (χ0n) is 12.0. The topological polar surface area (TPSA) is 35.2 Å². The highest BCUT2D eigenvalue weighted by Gasteiger charge is 2.10. The van der Waals surface area contributed by atoms with Gasteiger partial charge in [0.15, 0.2) is 0 Å². The first kappa shape index (κ1) is 15.8. The Hall–Kier alpha value is -1.58. The van der Waals surface area contributed by atoms with Gasteiger partial charge in [0, 0.05) is 5.02 Å². The molecule has 0 bridgehead atoms. The number of halogens is 2. The molecule has 2 N–H and O–H groups in total. The summed E-state index contributed by atoms with van der Waals surface area (Å²) in [4.78, 5) is 0. The lowest BCUT2D eigenvalue weighted by Crippen LogP contribution is -2.15. The Morgan fingerprint density at radius 1 is 1.19 bits per heavy atom. The number of rotatable bonds is 6. The molecule has 112 valence electrons. The van der Waals surface area contributed by atoms with Gasteiger partial charge in [0.25, 0.3) is 0 Å². The Labute approximate surface area is 129 Å². The van der Waals surface area contributed by atoms with Crippen molar-refractivity contribution in [1.82, 2.24) is 0 Å². The quantitative estimate of drug-likeness (QED) is 0.863. The van der Waals surface area contributed by atoms with Crippen molar-refractivity contribution < 1.29 is 9.13 Å². The van der Waals surface area contributed by atoms with Crippen molar-refractivity contribution in [3.8, 4) is 5.75 Å². The fourth-order valence-electron chi connectivity index (χ4n) is 2.24. The Kier molecular flexibility index (Phi) is 5.59. The number of hydrogen-bond acceptors (Lipinski definition) is 2. The fourth-order valence-corrected chi connectivity index (χ4v) is 2.47. The molecule has 0 amide bonds. The summed E-state index contributed by atoms with van der Waals surface area (Å²) in [6.45, 7) is 3.03. The molecule has 2 aromatic carbocycles. The highest BCUT2D eigenvalue weighted by Crippen LogP contribution is 2.24. The summed E-state index contributed by atoms with van der Waals surface area (Å²) >= 11 is 5.91. The van der Waals surface area contributed by atoms with E-state index < -0.39 is 0 Å². The second-order valence-corrected chi connectivity index (χ2v) is 5.47. The summed E-state index contributed by atoms with van der Waals surface area (Å²) in [6, 6.07) is 12.0. The van der Waals surface area contributed by atoms with Gasteiger partial charge >= 0.3 is 0 Å². The third-order valence-corrected chi connectivity index (χ3v) is 3.72. The van der Waals surface area contributed by atoms with E-state index in [4.69, 9.17) is 22.1 Å². The first-order valence-corrected chi connectivity index (χ1v) is 7.32. The highest BCUT2D eigenvalue weighted by molar-refractivity contribution is 6.30. The second-order valence-electron chi connectivity index (χ2n) is 5.03. The molecule has 1 atom stereocenters. The van der Waals surface area contributed by atoms with Crippen LogP contribution in [0.1, 0.15) is 23.5 Å². The van der Waals surface area contributed by atoms with E-state index in [1.807, 2.05) is 25.1 Å². The molecule has 2 nitrogen and oxygen atoms in total. The van der Waals surface area contributed by atoms with Crippen LogP contribution in [0.3, 0.4) is 0 Å². The van der Waals surface area contributed by atoms with E-state index in [1.165, 1.54) is 12.1 Å². The molecule has 0 radical (unpaired) electrons. The zero-order valence-corrected chi connectivity index (χ0v) is 12.7. The fraction of sp³-hybridized carbons (Fsp3) is 0.294. The molecule has 1 unspecified atom stereocenters. The maximum absolute atomic E-state index is 12.9. The molecule has 0 aromatic heterocycles. The lowest BCUT2D eigenvalue weighted by molar-refractivity contribution is 0.296. The van der Waals surface area contributed by atoms with Crippen LogP contribution < -0.4 is 10.5 Å².